The molecule has 3 rings (SSSR count). The van der Waals surface area contributed by atoms with Gasteiger partial charge >= 0.3 is 0 Å². The highest BCUT2D eigenvalue weighted by Crippen LogP contribution is 2.25. The Labute approximate surface area is 160 Å². The maximum atomic E-state index is 13.2. The monoisotopic (exact) mass is 389 g/mol. The number of nitrogens with zero attached hydrogens (tertiary/aromatic N) is 3. The van der Waals surface area contributed by atoms with Gasteiger partial charge in [0.2, 0.25) is 5.82 Å². The van der Waals surface area contributed by atoms with Crippen LogP contribution in [0.25, 0.3) is 16.4 Å². The zero-order valence-electron chi connectivity index (χ0n) is 14.8. The number of methoxy groups -OCH3 is 1. The van der Waals surface area contributed by atoms with Crippen molar-refractivity contribution >= 4 is 17.2 Å². The van der Waals surface area contributed by atoms with E-state index in [1.165, 1.54) is 23.5 Å². The number of hydrogen-bond donors (Lipinski definition) is 2. The number of halogens is 1. The van der Waals surface area contributed by atoms with Crippen molar-refractivity contribution in [1.82, 2.24) is 25.4 Å². The zero-order chi connectivity index (χ0) is 19.1. The molecule has 9 heteroatoms. The van der Waals surface area contributed by atoms with Gasteiger partial charge in [0.1, 0.15) is 5.82 Å². The summed E-state index contributed by atoms with van der Waals surface area (Å²) < 4.78 is 19.7. The molecule has 142 valence electrons. The van der Waals surface area contributed by atoms with Crippen molar-refractivity contribution in [1.29, 1.82) is 0 Å². The van der Waals surface area contributed by atoms with Crippen LogP contribution in [0.3, 0.4) is 0 Å². The second-order valence-corrected chi connectivity index (χ2v) is 6.57. The smallest absolute Gasteiger partial charge is 0.291 e. The molecule has 7 nitrogen and oxygen atoms in total. The summed E-state index contributed by atoms with van der Waals surface area (Å²) in [5.74, 6) is -0.0858. The lowest BCUT2D eigenvalue weighted by Gasteiger charge is -2.04. The van der Waals surface area contributed by atoms with Crippen molar-refractivity contribution in [2.24, 2.45) is 0 Å². The van der Waals surface area contributed by atoms with Crippen LogP contribution in [-0.4, -0.2) is 54.0 Å². The summed E-state index contributed by atoms with van der Waals surface area (Å²) in [4.78, 5) is 17.7. The van der Waals surface area contributed by atoms with Crippen LogP contribution in [0.4, 0.5) is 4.39 Å². The molecule has 0 fully saturated rings. The van der Waals surface area contributed by atoms with Gasteiger partial charge in [-0.2, -0.15) is 0 Å². The molecule has 1 aromatic carbocycles. The number of carbonyl (C=O) groups excluding carboxylic acids is 1. The third-order valence-electron chi connectivity index (χ3n) is 3.69. The van der Waals surface area contributed by atoms with Gasteiger partial charge in [0.15, 0.2) is 5.82 Å². The summed E-state index contributed by atoms with van der Waals surface area (Å²) in [6.45, 7) is 2.39. The number of hydrogen-bond acceptors (Lipinski definition) is 6. The normalized spacial score (nSPS) is 10.9. The number of nitrogens with one attached hydrogen (secondary N) is 2. The van der Waals surface area contributed by atoms with Crippen molar-refractivity contribution < 1.29 is 13.9 Å². The maximum Gasteiger partial charge on any atom is 0.291 e. The van der Waals surface area contributed by atoms with E-state index in [0.717, 1.165) is 4.88 Å². The van der Waals surface area contributed by atoms with Gasteiger partial charge in [0, 0.05) is 26.7 Å². The minimum atomic E-state index is -0.359. The predicted molar refractivity (Wildman–Crippen MR) is 102 cm³/mol. The predicted octanol–water partition coefficient (Wildman–Crippen LogP) is 2.10. The van der Waals surface area contributed by atoms with E-state index in [4.69, 9.17) is 4.74 Å². The third kappa shape index (κ3) is 4.97. The third-order valence-corrected chi connectivity index (χ3v) is 4.56. The Morgan fingerprint density at radius 3 is 2.74 bits per heavy atom. The van der Waals surface area contributed by atoms with E-state index in [-0.39, 0.29) is 17.5 Å². The van der Waals surface area contributed by atoms with E-state index in [1.807, 2.05) is 17.5 Å². The molecule has 0 bridgehead atoms. The van der Waals surface area contributed by atoms with E-state index in [1.54, 1.807) is 23.9 Å². The molecule has 0 unspecified atom stereocenters. The summed E-state index contributed by atoms with van der Waals surface area (Å²) in [5, 5.41) is 12.2. The highest BCUT2D eigenvalue weighted by Gasteiger charge is 2.19. The fraction of sp³-hybridized carbons (Fsp3) is 0.278. The van der Waals surface area contributed by atoms with Crippen molar-refractivity contribution in [3.63, 3.8) is 0 Å². The first-order valence-corrected chi connectivity index (χ1v) is 9.31. The molecule has 0 aliphatic carbocycles. The summed E-state index contributed by atoms with van der Waals surface area (Å²) >= 11 is 1.49. The fourth-order valence-electron chi connectivity index (χ4n) is 2.38. The molecule has 0 aliphatic heterocycles. The van der Waals surface area contributed by atoms with Gasteiger partial charge in [-0.25, -0.2) is 14.1 Å². The topological polar surface area (TPSA) is 81.1 Å². The first-order chi connectivity index (χ1) is 13.2. The van der Waals surface area contributed by atoms with Crippen LogP contribution in [0.2, 0.25) is 0 Å². The van der Waals surface area contributed by atoms with Gasteiger partial charge in [-0.05, 0) is 35.7 Å². The number of carbonyl (C=O) groups is 1. The highest BCUT2D eigenvalue weighted by molar-refractivity contribution is 7.13. The maximum absolute atomic E-state index is 13.2. The molecule has 2 heterocycles. The molecule has 0 spiro atoms. The van der Waals surface area contributed by atoms with E-state index >= 15 is 0 Å². The molecular weight excluding hydrogens is 369 g/mol. The summed E-state index contributed by atoms with van der Waals surface area (Å²) in [6, 6.07) is 9.69. The van der Waals surface area contributed by atoms with Crippen molar-refractivity contribution in [3.05, 3.63) is 53.4 Å². The van der Waals surface area contributed by atoms with Gasteiger partial charge in [0.05, 0.1) is 17.2 Å². The Bertz CT molecular complexity index is 865. The molecular formula is C18H20FN5O2S. The summed E-state index contributed by atoms with van der Waals surface area (Å²) in [6.07, 6.45) is 0. The SMILES string of the molecule is COCCNCCNC(=O)c1nc(-c2cccs2)n(-c2ccc(F)cc2)n1. The second kappa shape index (κ2) is 9.36. The lowest BCUT2D eigenvalue weighted by Crippen LogP contribution is -2.33. The molecule has 1 amide bonds. The van der Waals surface area contributed by atoms with Crippen LogP contribution < -0.4 is 10.6 Å². The van der Waals surface area contributed by atoms with E-state index in [2.05, 4.69) is 20.7 Å². The molecule has 2 N–H and O–H groups in total. The van der Waals surface area contributed by atoms with Crippen molar-refractivity contribution in [2.75, 3.05) is 33.4 Å². The van der Waals surface area contributed by atoms with Gasteiger partial charge < -0.3 is 15.4 Å². The number of ether oxygens (including phenoxy) is 1. The fourth-order valence-corrected chi connectivity index (χ4v) is 3.08. The molecule has 0 saturated carbocycles. The first kappa shape index (κ1) is 19.2. The van der Waals surface area contributed by atoms with E-state index < -0.39 is 0 Å². The Morgan fingerprint density at radius 1 is 1.22 bits per heavy atom. The second-order valence-electron chi connectivity index (χ2n) is 5.62. The van der Waals surface area contributed by atoms with Gasteiger partial charge in [-0.1, -0.05) is 6.07 Å². The van der Waals surface area contributed by atoms with Crippen molar-refractivity contribution in [2.45, 2.75) is 0 Å². The van der Waals surface area contributed by atoms with Crippen LogP contribution in [0.1, 0.15) is 10.6 Å². The first-order valence-electron chi connectivity index (χ1n) is 8.44. The van der Waals surface area contributed by atoms with E-state index in [9.17, 15) is 9.18 Å². The number of amides is 1. The van der Waals surface area contributed by atoms with Crippen LogP contribution in [0.15, 0.2) is 41.8 Å². The Morgan fingerprint density at radius 2 is 2.04 bits per heavy atom. The molecule has 2 aromatic heterocycles. The Kier molecular flexibility index (Phi) is 6.64. The number of thiophene rings is 1. The standard InChI is InChI=1S/C18H20FN5O2S/c1-26-11-10-20-8-9-21-18(25)16-22-17(15-3-2-12-27-15)24(23-16)14-6-4-13(19)5-7-14/h2-7,12,20H,8-11H2,1H3,(H,21,25). The lowest BCUT2D eigenvalue weighted by atomic mass is 10.3. The van der Waals surface area contributed by atoms with Gasteiger partial charge in [0.25, 0.3) is 5.91 Å². The summed E-state index contributed by atoms with van der Waals surface area (Å²) in [5.41, 5.74) is 0.632. The van der Waals surface area contributed by atoms with Gasteiger partial charge in [-0.3, -0.25) is 4.79 Å². The zero-order valence-corrected chi connectivity index (χ0v) is 15.6. The number of aromatic nitrogens is 3. The Balaban J connectivity index is 1.75. The van der Waals surface area contributed by atoms with E-state index in [0.29, 0.717) is 37.8 Å². The van der Waals surface area contributed by atoms with Crippen LogP contribution in [0, 0.1) is 5.82 Å². The Hall–Kier alpha value is -2.62. The average Bonchev–Trinajstić information content (AvgIpc) is 3.34. The molecule has 0 saturated heterocycles. The molecule has 27 heavy (non-hydrogen) atoms. The largest absolute Gasteiger partial charge is 0.383 e. The molecule has 0 atom stereocenters. The number of benzene rings is 1. The molecule has 0 radical (unpaired) electrons. The summed E-state index contributed by atoms with van der Waals surface area (Å²) in [7, 11) is 1.64. The molecule has 3 aromatic rings. The van der Waals surface area contributed by atoms with Gasteiger partial charge in [-0.15, -0.1) is 16.4 Å². The average molecular weight is 389 g/mol. The van der Waals surface area contributed by atoms with Crippen molar-refractivity contribution in [3.8, 4) is 16.4 Å². The highest BCUT2D eigenvalue weighted by atomic mass is 32.1. The minimum Gasteiger partial charge on any atom is -0.383 e. The van der Waals surface area contributed by atoms with Crippen LogP contribution in [-0.2, 0) is 4.74 Å². The molecule has 0 aliphatic rings. The van der Waals surface area contributed by atoms with Crippen LogP contribution >= 0.6 is 11.3 Å². The number of rotatable bonds is 9. The lowest BCUT2D eigenvalue weighted by molar-refractivity contribution is 0.0943. The minimum absolute atomic E-state index is 0.0691. The van der Waals surface area contributed by atoms with Crippen LogP contribution in [0.5, 0.6) is 0 Å². The quantitative estimate of drug-likeness (QED) is 0.548.